The molecule has 1 saturated heterocycles. The Morgan fingerprint density at radius 3 is 2.35 bits per heavy atom. The van der Waals surface area contributed by atoms with Gasteiger partial charge in [0.2, 0.25) is 6.04 Å². The summed E-state index contributed by atoms with van der Waals surface area (Å²) in [6.07, 6.45) is 5.00. The molecule has 3 atom stereocenters. The molecule has 1 aliphatic rings. The second-order valence-electron chi connectivity index (χ2n) is 7.81. The summed E-state index contributed by atoms with van der Waals surface area (Å²) >= 11 is 0. The van der Waals surface area contributed by atoms with E-state index in [2.05, 4.69) is 4.98 Å². The van der Waals surface area contributed by atoms with E-state index in [1.165, 1.54) is 0 Å². The van der Waals surface area contributed by atoms with Crippen molar-refractivity contribution in [3.8, 4) is 0 Å². The highest BCUT2D eigenvalue weighted by molar-refractivity contribution is 6.35. The summed E-state index contributed by atoms with van der Waals surface area (Å²) in [4.78, 5) is 42.4. The molecule has 2 rings (SSSR count). The Bertz CT molecular complexity index is 686. The number of carboxylic acid groups (broad SMARTS) is 1. The Hall–Kier alpha value is -2.08. The molecule has 1 N–H and O–H groups in total. The second kappa shape index (κ2) is 7.66. The molecule has 6 nitrogen and oxygen atoms in total. The van der Waals surface area contributed by atoms with Crippen LogP contribution in [0.3, 0.4) is 0 Å². The van der Waals surface area contributed by atoms with Gasteiger partial charge in [-0.25, -0.2) is 14.1 Å². The fourth-order valence-electron chi connectivity index (χ4n) is 3.99. The maximum atomic E-state index is 13.3. The van der Waals surface area contributed by atoms with E-state index < -0.39 is 29.1 Å². The number of Topliss-reactive ketones (excluding diaryl/α,β-unsaturated/α-hetero) is 1. The Kier molecular flexibility index (Phi) is 5.96. The lowest BCUT2D eigenvalue weighted by Gasteiger charge is -2.37. The molecule has 6 heteroatoms. The number of hydrogen-bond donors (Lipinski definition) is 1. The number of aliphatic carboxylic acids is 1. The zero-order valence-corrected chi connectivity index (χ0v) is 16.1. The maximum absolute atomic E-state index is 13.3. The smallest absolute Gasteiger partial charge is 0.383 e. The molecular formula is C20H29N2O4+. The lowest BCUT2D eigenvalue weighted by Crippen LogP contribution is -2.63. The summed E-state index contributed by atoms with van der Waals surface area (Å²) in [6.45, 7) is 8.03. The Morgan fingerprint density at radius 2 is 1.85 bits per heavy atom. The minimum absolute atomic E-state index is 0.277. The van der Waals surface area contributed by atoms with Crippen LogP contribution in [0.1, 0.15) is 58.4 Å². The van der Waals surface area contributed by atoms with Gasteiger partial charge in [0.15, 0.2) is 0 Å². The van der Waals surface area contributed by atoms with Crippen molar-refractivity contribution in [2.75, 3.05) is 13.1 Å². The summed E-state index contributed by atoms with van der Waals surface area (Å²) in [5.74, 6) is -2.34. The monoisotopic (exact) mass is 361 g/mol. The predicted octanol–water partition coefficient (Wildman–Crippen LogP) is 2.78. The first-order chi connectivity index (χ1) is 12.2. The number of rotatable bonds is 7. The third-order valence-corrected chi connectivity index (χ3v) is 5.86. The normalized spacial score (nSPS) is 25.8. The highest BCUT2D eigenvalue weighted by Gasteiger charge is 2.59. The van der Waals surface area contributed by atoms with E-state index in [0.717, 1.165) is 5.56 Å². The summed E-state index contributed by atoms with van der Waals surface area (Å²) in [6, 6.07) is 2.66. The summed E-state index contributed by atoms with van der Waals surface area (Å²) < 4.78 is -0.277. The molecule has 0 radical (unpaired) electrons. The van der Waals surface area contributed by atoms with Gasteiger partial charge in [0, 0.05) is 24.2 Å². The molecular weight excluding hydrogens is 332 g/mol. The predicted molar refractivity (Wildman–Crippen MR) is 97.4 cm³/mol. The highest BCUT2D eigenvalue weighted by atomic mass is 16.4. The SMILES string of the molecule is CCC[N+]1(C(=O)C(=O)C(C)(C)CC)CCC(c2ccncc2)[C@H]1C(=O)O. The van der Waals surface area contributed by atoms with Crippen molar-refractivity contribution in [3.05, 3.63) is 30.1 Å². The number of aromatic nitrogens is 1. The van der Waals surface area contributed by atoms with E-state index in [1.807, 2.05) is 13.8 Å². The number of amides is 1. The van der Waals surface area contributed by atoms with Crippen LogP contribution >= 0.6 is 0 Å². The van der Waals surface area contributed by atoms with Gasteiger partial charge in [-0.15, -0.1) is 0 Å². The zero-order valence-electron chi connectivity index (χ0n) is 16.1. The van der Waals surface area contributed by atoms with Crippen LogP contribution in [-0.2, 0) is 14.4 Å². The Balaban J connectivity index is 2.50. The molecule has 1 amide bonds. The second-order valence-corrected chi connectivity index (χ2v) is 7.81. The van der Waals surface area contributed by atoms with E-state index >= 15 is 0 Å². The number of carbonyl (C=O) groups excluding carboxylic acids is 2. The number of pyridine rings is 1. The number of likely N-dealkylation sites (tertiary alicyclic amines) is 1. The van der Waals surface area contributed by atoms with E-state index in [4.69, 9.17) is 0 Å². The molecule has 1 aromatic heterocycles. The standard InChI is InChI=1S/C20H28N2O4/c1-5-12-22(18(24)17(23)20(3,4)6-2)13-9-15(16(22)19(25)26)14-7-10-21-11-8-14/h7-8,10-11,15-16H,5-6,9,12-13H2,1-4H3/p+1/t15?,16-,22?/m0/s1. The molecule has 1 aliphatic heterocycles. The van der Waals surface area contributed by atoms with Gasteiger partial charge in [-0.1, -0.05) is 27.7 Å². The Morgan fingerprint density at radius 1 is 1.23 bits per heavy atom. The third-order valence-electron chi connectivity index (χ3n) is 5.86. The quantitative estimate of drug-likeness (QED) is 0.596. The van der Waals surface area contributed by atoms with E-state index in [9.17, 15) is 19.5 Å². The third kappa shape index (κ3) is 3.43. The van der Waals surface area contributed by atoms with Gasteiger partial charge in [0.1, 0.15) is 0 Å². The minimum Gasteiger partial charge on any atom is -0.477 e. The van der Waals surface area contributed by atoms with Gasteiger partial charge in [-0.05, 0) is 30.5 Å². The Labute approximate surface area is 154 Å². The molecule has 2 unspecified atom stereocenters. The van der Waals surface area contributed by atoms with Gasteiger partial charge in [-0.2, -0.15) is 0 Å². The van der Waals surface area contributed by atoms with Crippen molar-refractivity contribution < 1.29 is 24.0 Å². The molecule has 0 saturated carbocycles. The van der Waals surface area contributed by atoms with Gasteiger partial charge >= 0.3 is 11.9 Å². The number of quaternary nitrogens is 1. The fraction of sp³-hybridized carbons (Fsp3) is 0.600. The molecule has 0 aromatic carbocycles. The molecule has 0 spiro atoms. The van der Waals surface area contributed by atoms with Gasteiger partial charge in [-0.3, -0.25) is 9.78 Å². The molecule has 1 aromatic rings. The molecule has 2 heterocycles. The summed E-state index contributed by atoms with van der Waals surface area (Å²) in [5, 5.41) is 10.0. The van der Waals surface area contributed by atoms with Crippen molar-refractivity contribution in [1.82, 2.24) is 4.98 Å². The first-order valence-corrected chi connectivity index (χ1v) is 9.30. The molecule has 0 aliphatic carbocycles. The first kappa shape index (κ1) is 20.2. The van der Waals surface area contributed by atoms with E-state index in [1.54, 1.807) is 38.4 Å². The first-order valence-electron chi connectivity index (χ1n) is 9.30. The largest absolute Gasteiger partial charge is 0.477 e. The van der Waals surface area contributed by atoms with Gasteiger partial charge in [0.05, 0.1) is 19.0 Å². The molecule has 1 fully saturated rings. The van der Waals surface area contributed by atoms with Crippen LogP contribution in [0.2, 0.25) is 0 Å². The topological polar surface area (TPSA) is 84.3 Å². The number of hydrogen-bond acceptors (Lipinski definition) is 4. The van der Waals surface area contributed by atoms with Crippen LogP contribution in [0.25, 0.3) is 0 Å². The molecule has 26 heavy (non-hydrogen) atoms. The van der Waals surface area contributed by atoms with Crippen molar-refractivity contribution in [2.45, 2.75) is 58.9 Å². The summed E-state index contributed by atoms with van der Waals surface area (Å²) in [7, 11) is 0. The molecule has 0 bridgehead atoms. The van der Waals surface area contributed by atoms with Crippen molar-refractivity contribution >= 4 is 17.7 Å². The van der Waals surface area contributed by atoms with Crippen molar-refractivity contribution in [3.63, 3.8) is 0 Å². The van der Waals surface area contributed by atoms with Crippen LogP contribution < -0.4 is 0 Å². The lowest BCUT2D eigenvalue weighted by molar-refractivity contribution is -0.855. The van der Waals surface area contributed by atoms with Crippen LogP contribution in [0.15, 0.2) is 24.5 Å². The number of nitrogens with zero attached hydrogens (tertiary/aromatic N) is 2. The summed E-state index contributed by atoms with van der Waals surface area (Å²) in [5.41, 5.74) is 0.0759. The minimum atomic E-state index is -1.02. The number of carbonyl (C=O) groups is 3. The average molecular weight is 361 g/mol. The van der Waals surface area contributed by atoms with E-state index in [0.29, 0.717) is 32.4 Å². The molecule has 142 valence electrons. The van der Waals surface area contributed by atoms with Crippen LogP contribution in [0, 0.1) is 5.41 Å². The lowest BCUT2D eigenvalue weighted by atomic mass is 9.83. The number of carboxylic acids is 1. The van der Waals surface area contributed by atoms with Crippen molar-refractivity contribution in [1.29, 1.82) is 0 Å². The van der Waals surface area contributed by atoms with E-state index in [-0.39, 0.29) is 10.4 Å². The van der Waals surface area contributed by atoms with Crippen LogP contribution in [0.5, 0.6) is 0 Å². The number of ketones is 1. The van der Waals surface area contributed by atoms with Gasteiger partial charge < -0.3 is 5.11 Å². The maximum Gasteiger partial charge on any atom is 0.383 e. The fourth-order valence-corrected chi connectivity index (χ4v) is 3.99. The van der Waals surface area contributed by atoms with Crippen molar-refractivity contribution in [2.24, 2.45) is 5.41 Å². The van der Waals surface area contributed by atoms with Gasteiger partial charge in [0.25, 0.3) is 5.78 Å². The van der Waals surface area contributed by atoms with Crippen LogP contribution in [-0.4, -0.2) is 51.4 Å². The zero-order chi connectivity index (χ0) is 19.5. The highest BCUT2D eigenvalue weighted by Crippen LogP contribution is 2.41. The van der Waals surface area contributed by atoms with Crippen LogP contribution in [0.4, 0.5) is 0 Å². The average Bonchev–Trinajstić information content (AvgIpc) is 3.02.